The predicted molar refractivity (Wildman–Crippen MR) is 106 cm³/mol. The topological polar surface area (TPSA) is 76.1 Å². The Morgan fingerprint density at radius 1 is 0.783 bits per heavy atom. The molecule has 0 aliphatic carbocycles. The lowest BCUT2D eigenvalue weighted by atomic mass is 10.0. The Balaban J connectivity index is 1.85. The summed E-state index contributed by atoms with van der Waals surface area (Å²) in [6, 6.07) is 16.5. The number of thiocarbonyl (C=S) groups is 2. The number of nitrogens with one attached hydrogen (secondary N) is 2. The van der Waals surface area contributed by atoms with E-state index in [4.69, 9.17) is 35.9 Å². The van der Waals surface area contributed by atoms with Gasteiger partial charge in [0, 0.05) is 11.4 Å². The Morgan fingerprint density at radius 2 is 1.26 bits per heavy atom. The molecule has 0 aliphatic rings. The Morgan fingerprint density at radius 3 is 1.70 bits per heavy atom. The normalized spacial score (nSPS) is 10.1. The smallest absolute Gasteiger partial charge is 0.168 e. The summed E-state index contributed by atoms with van der Waals surface area (Å²) in [7, 11) is 0. The van der Waals surface area contributed by atoms with Gasteiger partial charge in [0.25, 0.3) is 0 Å². The third-order valence-corrected chi connectivity index (χ3v) is 3.59. The van der Waals surface area contributed by atoms with Crippen molar-refractivity contribution in [3.63, 3.8) is 0 Å². The van der Waals surface area contributed by atoms with Crippen LogP contribution in [0.15, 0.2) is 48.5 Å². The highest BCUT2D eigenvalue weighted by Gasteiger charge is 1.99. The number of nitrogens with two attached hydrogens (primary N) is 2. The van der Waals surface area contributed by atoms with Crippen LogP contribution in [0, 0.1) is 0 Å². The SMILES string of the molecule is NC(=S)CNc1ccc(CCc2ccc(NC(N)=S)cc2)cc1. The van der Waals surface area contributed by atoms with E-state index in [1.165, 1.54) is 11.1 Å². The van der Waals surface area contributed by atoms with Crippen LogP contribution in [0.5, 0.6) is 0 Å². The summed E-state index contributed by atoms with van der Waals surface area (Å²) in [6.07, 6.45) is 1.96. The molecule has 0 unspecified atom stereocenters. The molecule has 6 N–H and O–H groups in total. The first-order valence-electron chi connectivity index (χ1n) is 7.29. The fourth-order valence-electron chi connectivity index (χ4n) is 2.16. The van der Waals surface area contributed by atoms with Crippen molar-refractivity contribution in [2.75, 3.05) is 17.2 Å². The maximum atomic E-state index is 5.47. The van der Waals surface area contributed by atoms with Crippen molar-refractivity contribution in [3.8, 4) is 0 Å². The first-order chi connectivity index (χ1) is 11.0. The summed E-state index contributed by atoms with van der Waals surface area (Å²) in [4.78, 5) is 0.461. The van der Waals surface area contributed by atoms with E-state index in [1.807, 2.05) is 24.3 Å². The highest BCUT2D eigenvalue weighted by Crippen LogP contribution is 2.14. The van der Waals surface area contributed by atoms with Crippen LogP contribution in [-0.2, 0) is 12.8 Å². The van der Waals surface area contributed by atoms with E-state index >= 15 is 0 Å². The third-order valence-electron chi connectivity index (χ3n) is 3.34. The number of aryl methyl sites for hydroxylation is 2. The maximum Gasteiger partial charge on any atom is 0.168 e. The molecule has 0 heterocycles. The highest BCUT2D eigenvalue weighted by molar-refractivity contribution is 7.80. The summed E-state index contributed by atoms with van der Waals surface area (Å²) in [5.41, 5.74) is 15.4. The van der Waals surface area contributed by atoms with E-state index < -0.39 is 0 Å². The standard InChI is InChI=1S/C17H20N4S2/c18-16(22)11-20-14-7-3-12(4-8-14)1-2-13-5-9-15(10-6-13)21-17(19)23/h3-10,20H,1-2,11H2,(H2,18,22)(H3,19,21,23). The minimum absolute atomic E-state index is 0.279. The summed E-state index contributed by atoms with van der Waals surface area (Å²) in [5, 5.41) is 6.37. The van der Waals surface area contributed by atoms with E-state index in [0.29, 0.717) is 11.5 Å². The lowest BCUT2D eigenvalue weighted by molar-refractivity contribution is 0.960. The molecule has 4 nitrogen and oxygen atoms in total. The van der Waals surface area contributed by atoms with Crippen LogP contribution in [0.1, 0.15) is 11.1 Å². The van der Waals surface area contributed by atoms with Crippen molar-refractivity contribution in [3.05, 3.63) is 59.7 Å². The van der Waals surface area contributed by atoms with Crippen molar-refractivity contribution in [2.24, 2.45) is 11.5 Å². The fourth-order valence-corrected chi connectivity index (χ4v) is 2.35. The number of hydrogen-bond acceptors (Lipinski definition) is 3. The van der Waals surface area contributed by atoms with Crippen LogP contribution in [0.25, 0.3) is 0 Å². The molecule has 6 heteroatoms. The molecular weight excluding hydrogens is 324 g/mol. The average Bonchev–Trinajstić information content (AvgIpc) is 2.53. The molecule has 0 atom stereocenters. The molecule has 0 spiro atoms. The fraction of sp³-hybridized carbons (Fsp3) is 0.176. The zero-order valence-electron chi connectivity index (χ0n) is 12.7. The number of rotatable bonds is 7. The molecule has 23 heavy (non-hydrogen) atoms. The first-order valence-corrected chi connectivity index (χ1v) is 8.11. The van der Waals surface area contributed by atoms with Gasteiger partial charge in [0.2, 0.25) is 0 Å². The van der Waals surface area contributed by atoms with Gasteiger partial charge in [0.15, 0.2) is 5.11 Å². The van der Waals surface area contributed by atoms with Crippen molar-refractivity contribution in [1.29, 1.82) is 0 Å². The third kappa shape index (κ3) is 6.22. The van der Waals surface area contributed by atoms with E-state index in [9.17, 15) is 0 Å². The van der Waals surface area contributed by atoms with Gasteiger partial charge in [-0.1, -0.05) is 36.5 Å². The van der Waals surface area contributed by atoms with Gasteiger partial charge < -0.3 is 22.1 Å². The van der Waals surface area contributed by atoms with Gasteiger partial charge in [0.05, 0.1) is 11.5 Å². The lowest BCUT2D eigenvalue weighted by Gasteiger charge is -2.08. The van der Waals surface area contributed by atoms with Crippen molar-refractivity contribution < 1.29 is 0 Å². The summed E-state index contributed by atoms with van der Waals surface area (Å²) in [5.74, 6) is 0. The van der Waals surface area contributed by atoms with Crippen LogP contribution < -0.4 is 22.1 Å². The average molecular weight is 345 g/mol. The highest BCUT2D eigenvalue weighted by atomic mass is 32.1. The molecule has 120 valence electrons. The largest absolute Gasteiger partial charge is 0.392 e. The van der Waals surface area contributed by atoms with Crippen molar-refractivity contribution in [2.45, 2.75) is 12.8 Å². The minimum atomic E-state index is 0.279. The Labute approximate surface area is 147 Å². The second-order valence-electron chi connectivity index (χ2n) is 5.20. The Hall–Kier alpha value is -2.18. The van der Waals surface area contributed by atoms with Gasteiger partial charge in [0.1, 0.15) is 0 Å². The van der Waals surface area contributed by atoms with E-state index in [2.05, 4.69) is 34.9 Å². The minimum Gasteiger partial charge on any atom is -0.392 e. The summed E-state index contributed by atoms with van der Waals surface area (Å²) >= 11 is 9.66. The van der Waals surface area contributed by atoms with Crippen molar-refractivity contribution in [1.82, 2.24) is 0 Å². The molecule has 0 aromatic heterocycles. The van der Waals surface area contributed by atoms with E-state index in [1.54, 1.807) is 0 Å². The molecule has 0 bridgehead atoms. The quantitative estimate of drug-likeness (QED) is 0.579. The maximum absolute atomic E-state index is 5.47. The summed E-state index contributed by atoms with van der Waals surface area (Å²) in [6.45, 7) is 0.515. The molecule has 0 fully saturated rings. The van der Waals surface area contributed by atoms with Gasteiger partial charge >= 0.3 is 0 Å². The number of hydrogen-bond donors (Lipinski definition) is 4. The molecular formula is C17H20N4S2. The van der Waals surface area contributed by atoms with Crippen LogP contribution in [0.3, 0.4) is 0 Å². The first kappa shape index (κ1) is 17.2. The van der Waals surface area contributed by atoms with Gasteiger partial charge in [-0.05, 0) is 60.5 Å². The molecule has 0 saturated heterocycles. The molecule has 2 aromatic rings. The van der Waals surface area contributed by atoms with Crippen LogP contribution in [0.4, 0.5) is 11.4 Å². The zero-order chi connectivity index (χ0) is 16.7. The molecule has 2 aromatic carbocycles. The second kappa shape index (κ2) is 8.45. The number of benzene rings is 2. The van der Waals surface area contributed by atoms with Crippen LogP contribution >= 0.6 is 24.4 Å². The number of anilines is 2. The Kier molecular flexibility index (Phi) is 6.31. The van der Waals surface area contributed by atoms with Crippen LogP contribution in [-0.4, -0.2) is 16.6 Å². The second-order valence-corrected chi connectivity index (χ2v) is 6.17. The van der Waals surface area contributed by atoms with Gasteiger partial charge in [-0.2, -0.15) is 0 Å². The van der Waals surface area contributed by atoms with E-state index in [0.717, 1.165) is 24.2 Å². The van der Waals surface area contributed by atoms with Crippen molar-refractivity contribution >= 4 is 45.9 Å². The molecule has 0 aliphatic heterocycles. The van der Waals surface area contributed by atoms with Gasteiger partial charge in [-0.3, -0.25) is 0 Å². The zero-order valence-corrected chi connectivity index (χ0v) is 14.3. The van der Waals surface area contributed by atoms with Gasteiger partial charge in [-0.15, -0.1) is 0 Å². The lowest BCUT2D eigenvalue weighted by Crippen LogP contribution is -2.19. The molecule has 0 amide bonds. The predicted octanol–water partition coefficient (Wildman–Crippen LogP) is 2.83. The summed E-state index contributed by atoms with van der Waals surface area (Å²) < 4.78 is 0. The Bertz CT molecular complexity index is 666. The van der Waals surface area contributed by atoms with E-state index in [-0.39, 0.29) is 5.11 Å². The molecule has 2 rings (SSSR count). The molecule has 0 saturated carbocycles. The van der Waals surface area contributed by atoms with Crippen LogP contribution in [0.2, 0.25) is 0 Å². The molecule has 0 radical (unpaired) electrons. The monoisotopic (exact) mass is 344 g/mol. The van der Waals surface area contributed by atoms with Gasteiger partial charge in [-0.25, -0.2) is 0 Å².